The summed E-state index contributed by atoms with van der Waals surface area (Å²) in [6.45, 7) is 2.36. The molecule has 4 heteroatoms. The smallest absolute Gasteiger partial charge is 0.150 e. The lowest BCUT2D eigenvalue weighted by Gasteiger charge is -1.98. The number of furan rings is 1. The monoisotopic (exact) mass is 197 g/mol. The second-order valence-electron chi connectivity index (χ2n) is 3.03. The molecule has 0 saturated carbocycles. The van der Waals surface area contributed by atoms with Crippen molar-refractivity contribution in [1.82, 2.24) is 0 Å². The summed E-state index contributed by atoms with van der Waals surface area (Å²) in [5.74, 6) is -0.737. The van der Waals surface area contributed by atoms with Crippen LogP contribution in [0, 0.1) is 0 Å². The third kappa shape index (κ3) is 2.35. The number of rotatable bonds is 5. The van der Waals surface area contributed by atoms with Gasteiger partial charge in [-0.2, -0.15) is 0 Å². The van der Waals surface area contributed by atoms with Gasteiger partial charge in [0.2, 0.25) is 0 Å². The first-order valence-corrected chi connectivity index (χ1v) is 4.50. The first-order valence-electron chi connectivity index (χ1n) is 4.50. The van der Waals surface area contributed by atoms with Gasteiger partial charge in [0.25, 0.3) is 0 Å². The van der Waals surface area contributed by atoms with Gasteiger partial charge in [-0.05, 0) is 12.5 Å². The molecule has 1 rings (SSSR count). The van der Waals surface area contributed by atoms with E-state index in [1.165, 1.54) is 6.07 Å². The maximum atomic E-state index is 10.5. The Hall–Kier alpha value is -1.29. The minimum atomic E-state index is -1.29. The molecule has 0 bridgehead atoms. The van der Waals surface area contributed by atoms with Gasteiger partial charge in [0.1, 0.15) is 17.5 Å². The largest absolute Gasteiger partial charge is 0.542 e. The van der Waals surface area contributed by atoms with E-state index in [9.17, 15) is 9.90 Å². The molecule has 0 atom stereocenters. The number of aryl methyl sites for hydroxylation is 1. The fraction of sp³-hybridized carbons (Fsp3) is 0.500. The topological polar surface area (TPSA) is 62.5 Å². The minimum absolute atomic E-state index is 0.125. The predicted molar refractivity (Wildman–Crippen MR) is 47.7 cm³/mol. The molecule has 0 aliphatic rings. The molecule has 0 spiro atoms. The third-order valence-electron chi connectivity index (χ3n) is 1.87. The Balaban J connectivity index is 2.93. The van der Waals surface area contributed by atoms with E-state index >= 15 is 0 Å². The molecule has 0 aliphatic carbocycles. The fourth-order valence-corrected chi connectivity index (χ4v) is 1.28. The zero-order chi connectivity index (χ0) is 10.6. The number of methoxy groups -OCH3 is 1. The van der Waals surface area contributed by atoms with E-state index in [-0.39, 0.29) is 5.76 Å². The molecule has 0 fully saturated rings. The zero-order valence-electron chi connectivity index (χ0n) is 8.33. The van der Waals surface area contributed by atoms with Gasteiger partial charge >= 0.3 is 0 Å². The Morgan fingerprint density at radius 3 is 2.86 bits per heavy atom. The number of carboxylic acid groups (broad SMARTS) is 1. The van der Waals surface area contributed by atoms with Gasteiger partial charge in [-0.25, -0.2) is 0 Å². The Morgan fingerprint density at radius 2 is 2.36 bits per heavy atom. The van der Waals surface area contributed by atoms with E-state index in [0.29, 0.717) is 18.8 Å². The number of hydrogen-bond acceptors (Lipinski definition) is 4. The van der Waals surface area contributed by atoms with Crippen LogP contribution in [-0.4, -0.2) is 13.1 Å². The lowest BCUT2D eigenvalue weighted by molar-refractivity contribution is -0.257. The molecule has 0 saturated heterocycles. The SMILES string of the molecule is CCCc1oc(C(=O)[O-])cc1COC. The summed E-state index contributed by atoms with van der Waals surface area (Å²) in [6, 6.07) is 1.46. The van der Waals surface area contributed by atoms with Crippen LogP contribution in [0.5, 0.6) is 0 Å². The van der Waals surface area contributed by atoms with Crippen LogP contribution in [-0.2, 0) is 17.8 Å². The van der Waals surface area contributed by atoms with E-state index in [1.54, 1.807) is 7.11 Å². The fourth-order valence-electron chi connectivity index (χ4n) is 1.28. The molecular weight excluding hydrogens is 184 g/mol. The van der Waals surface area contributed by atoms with E-state index in [4.69, 9.17) is 9.15 Å². The second kappa shape index (κ2) is 4.81. The van der Waals surface area contributed by atoms with E-state index in [1.807, 2.05) is 6.92 Å². The highest BCUT2D eigenvalue weighted by atomic mass is 16.5. The van der Waals surface area contributed by atoms with Gasteiger partial charge < -0.3 is 19.1 Å². The molecule has 0 N–H and O–H groups in total. The lowest BCUT2D eigenvalue weighted by Crippen LogP contribution is -2.21. The van der Waals surface area contributed by atoms with Gasteiger partial charge in [0.15, 0.2) is 0 Å². The van der Waals surface area contributed by atoms with E-state index in [0.717, 1.165) is 12.0 Å². The number of carbonyl (C=O) groups excluding carboxylic acids is 1. The Bertz CT molecular complexity index is 290. The molecule has 1 aromatic rings. The number of carbonyl (C=O) groups is 1. The molecule has 78 valence electrons. The highest BCUT2D eigenvalue weighted by Gasteiger charge is 2.10. The van der Waals surface area contributed by atoms with Crippen LogP contribution in [0.1, 0.15) is 35.2 Å². The van der Waals surface area contributed by atoms with E-state index < -0.39 is 5.97 Å². The molecule has 1 heterocycles. The average molecular weight is 197 g/mol. The summed E-state index contributed by atoms with van der Waals surface area (Å²) < 4.78 is 10.1. The van der Waals surface area contributed by atoms with Gasteiger partial charge in [0.05, 0.1) is 6.61 Å². The number of aromatic carboxylic acids is 1. The van der Waals surface area contributed by atoms with Crippen molar-refractivity contribution in [2.75, 3.05) is 7.11 Å². The summed E-state index contributed by atoms with van der Waals surface area (Å²) in [6.07, 6.45) is 1.61. The maximum Gasteiger partial charge on any atom is 0.150 e. The molecule has 4 nitrogen and oxygen atoms in total. The molecule has 0 aromatic carbocycles. The van der Waals surface area contributed by atoms with Crippen LogP contribution >= 0.6 is 0 Å². The first kappa shape index (κ1) is 10.8. The minimum Gasteiger partial charge on any atom is -0.542 e. The molecule has 0 unspecified atom stereocenters. The maximum absolute atomic E-state index is 10.5. The molecule has 0 aliphatic heterocycles. The first-order chi connectivity index (χ1) is 6.69. The van der Waals surface area contributed by atoms with Crippen molar-refractivity contribution in [3.63, 3.8) is 0 Å². The Kier molecular flexibility index (Phi) is 3.71. The quantitative estimate of drug-likeness (QED) is 0.698. The van der Waals surface area contributed by atoms with Crippen LogP contribution in [0.4, 0.5) is 0 Å². The summed E-state index contributed by atoms with van der Waals surface area (Å²) in [5, 5.41) is 10.5. The van der Waals surface area contributed by atoms with Crippen molar-refractivity contribution in [1.29, 1.82) is 0 Å². The normalized spacial score (nSPS) is 10.4. The summed E-state index contributed by atoms with van der Waals surface area (Å²) >= 11 is 0. The predicted octanol–water partition coefficient (Wildman–Crippen LogP) is 0.742. The van der Waals surface area contributed by atoms with E-state index in [2.05, 4.69) is 0 Å². The highest BCUT2D eigenvalue weighted by molar-refractivity contribution is 5.82. The van der Waals surface area contributed by atoms with Crippen molar-refractivity contribution < 1.29 is 19.1 Å². The molecule has 0 amide bonds. The summed E-state index contributed by atoms with van der Waals surface area (Å²) in [7, 11) is 1.56. The van der Waals surface area contributed by atoms with Crippen LogP contribution in [0.2, 0.25) is 0 Å². The molecular formula is C10H13O4-. The molecule has 1 aromatic heterocycles. The summed E-state index contributed by atoms with van der Waals surface area (Å²) in [5.41, 5.74) is 0.786. The third-order valence-corrected chi connectivity index (χ3v) is 1.87. The zero-order valence-corrected chi connectivity index (χ0v) is 8.33. The van der Waals surface area contributed by atoms with Crippen molar-refractivity contribution in [3.8, 4) is 0 Å². The van der Waals surface area contributed by atoms with Crippen LogP contribution in [0.3, 0.4) is 0 Å². The van der Waals surface area contributed by atoms with Crippen LogP contribution in [0.25, 0.3) is 0 Å². The number of ether oxygens (including phenoxy) is 1. The number of hydrogen-bond donors (Lipinski definition) is 0. The van der Waals surface area contributed by atoms with Gasteiger partial charge in [-0.1, -0.05) is 6.92 Å². The Morgan fingerprint density at radius 1 is 1.64 bits per heavy atom. The van der Waals surface area contributed by atoms with Crippen LogP contribution in [0.15, 0.2) is 10.5 Å². The van der Waals surface area contributed by atoms with Crippen molar-refractivity contribution in [2.24, 2.45) is 0 Å². The van der Waals surface area contributed by atoms with Crippen LogP contribution < -0.4 is 5.11 Å². The van der Waals surface area contributed by atoms with Gasteiger partial charge in [-0.15, -0.1) is 0 Å². The Labute approximate surface area is 82.5 Å². The standard InChI is InChI=1S/C10H14O4/c1-3-4-8-7(6-13-2)5-9(14-8)10(11)12/h5H,3-4,6H2,1-2H3,(H,11,12)/p-1. The van der Waals surface area contributed by atoms with Gasteiger partial charge in [-0.3, -0.25) is 0 Å². The van der Waals surface area contributed by atoms with Crippen molar-refractivity contribution >= 4 is 5.97 Å². The molecule has 14 heavy (non-hydrogen) atoms. The van der Waals surface area contributed by atoms with Crippen molar-refractivity contribution in [2.45, 2.75) is 26.4 Å². The van der Waals surface area contributed by atoms with Gasteiger partial charge in [0, 0.05) is 19.1 Å². The number of carboxylic acids is 1. The summed E-state index contributed by atoms with van der Waals surface area (Å²) in [4.78, 5) is 10.5. The molecule has 0 radical (unpaired) electrons. The van der Waals surface area contributed by atoms with Crippen molar-refractivity contribution in [3.05, 3.63) is 23.2 Å². The second-order valence-corrected chi connectivity index (χ2v) is 3.03. The lowest BCUT2D eigenvalue weighted by atomic mass is 10.2. The highest BCUT2D eigenvalue weighted by Crippen LogP contribution is 2.17. The average Bonchev–Trinajstić information content (AvgIpc) is 2.50.